The molecule has 0 spiro atoms. The van der Waals surface area contributed by atoms with Crippen LogP contribution in [0.4, 0.5) is 0 Å². The van der Waals surface area contributed by atoms with E-state index in [9.17, 15) is 9.59 Å². The van der Waals surface area contributed by atoms with Crippen LogP contribution < -0.4 is 12.4 Å². The molecule has 0 aliphatic rings. The lowest BCUT2D eigenvalue weighted by Gasteiger charge is -2.28. The number of nitrogens with zero attached hydrogens (tertiary/aromatic N) is 1. The van der Waals surface area contributed by atoms with Crippen LogP contribution in [0.15, 0.2) is 24.3 Å². The van der Waals surface area contributed by atoms with Gasteiger partial charge in [-0.15, -0.1) is 0 Å². The van der Waals surface area contributed by atoms with E-state index < -0.39 is 6.10 Å². The molecule has 46 heavy (non-hydrogen) atoms. The Kier molecular flexibility index (Phi) is 35.6. The summed E-state index contributed by atoms with van der Waals surface area (Å²) in [6.45, 7) is 5.29. The number of halogens is 1. The summed E-state index contributed by atoms with van der Waals surface area (Å²) in [5, 5.41) is 0. The average Bonchev–Trinajstić information content (AvgIpc) is 2.99. The summed E-state index contributed by atoms with van der Waals surface area (Å²) in [6.07, 6.45) is 39.2. The first-order valence-electron chi connectivity index (χ1n) is 19.2. The van der Waals surface area contributed by atoms with Crippen molar-refractivity contribution >= 4 is 11.9 Å². The number of carbonyl (C=O) groups is 2. The van der Waals surface area contributed by atoms with Crippen molar-refractivity contribution in [2.45, 2.75) is 187 Å². The van der Waals surface area contributed by atoms with E-state index in [0.29, 0.717) is 23.9 Å². The maximum Gasteiger partial charge on any atom is 0.306 e. The fourth-order valence-corrected chi connectivity index (χ4v) is 5.56. The summed E-state index contributed by atoms with van der Waals surface area (Å²) in [5.41, 5.74) is 0. The lowest BCUT2D eigenvalue weighted by molar-refractivity contribution is -0.873. The number of carbonyl (C=O) groups excluding carboxylic acids is 2. The first-order valence-corrected chi connectivity index (χ1v) is 19.2. The van der Waals surface area contributed by atoms with E-state index in [0.717, 1.165) is 38.5 Å². The van der Waals surface area contributed by atoms with E-state index in [-0.39, 0.29) is 31.0 Å². The van der Waals surface area contributed by atoms with Gasteiger partial charge in [-0.2, -0.15) is 0 Å². The highest BCUT2D eigenvalue weighted by molar-refractivity contribution is 5.70. The second kappa shape index (κ2) is 35.0. The van der Waals surface area contributed by atoms with Crippen LogP contribution in [0.1, 0.15) is 181 Å². The molecule has 0 bridgehead atoms. The third kappa shape index (κ3) is 37.1. The largest absolute Gasteiger partial charge is 1.00 e. The van der Waals surface area contributed by atoms with Gasteiger partial charge in [0.15, 0.2) is 6.10 Å². The number of hydrogen-bond donors (Lipinski definition) is 0. The number of ether oxygens (including phenoxy) is 2. The Hall–Kier alpha value is -1.33. The zero-order valence-corrected chi connectivity index (χ0v) is 31.9. The molecule has 0 aromatic rings. The second-order valence-corrected chi connectivity index (χ2v) is 14.2. The minimum Gasteiger partial charge on any atom is -1.00 e. The van der Waals surface area contributed by atoms with Gasteiger partial charge in [0, 0.05) is 12.8 Å². The van der Waals surface area contributed by atoms with Crippen LogP contribution in [0.5, 0.6) is 0 Å². The maximum atomic E-state index is 12.5. The van der Waals surface area contributed by atoms with Crippen LogP contribution in [0.3, 0.4) is 0 Å². The molecule has 272 valence electrons. The normalized spacial score (nSPS) is 12.5. The Morgan fingerprint density at radius 1 is 0.522 bits per heavy atom. The van der Waals surface area contributed by atoms with Crippen molar-refractivity contribution in [3.8, 4) is 0 Å². The molecule has 1 unspecified atom stereocenters. The molecule has 0 aliphatic carbocycles. The van der Waals surface area contributed by atoms with Gasteiger partial charge in [0.05, 0.1) is 21.1 Å². The molecule has 0 aromatic heterocycles. The van der Waals surface area contributed by atoms with Crippen molar-refractivity contribution < 1.29 is 36.0 Å². The SMILES string of the molecule is CCCCCCC/C=C/CCCCCCCC(=O)OCC(C[N+](C)(C)C)OC(=O)CCCCCCC/C=C/CCCCCCC.[Cl-]. The minimum atomic E-state index is -0.399. The van der Waals surface area contributed by atoms with Crippen molar-refractivity contribution in [3.05, 3.63) is 24.3 Å². The van der Waals surface area contributed by atoms with Crippen LogP contribution in [0, 0.1) is 0 Å². The third-order valence-corrected chi connectivity index (χ3v) is 8.27. The summed E-state index contributed by atoms with van der Waals surface area (Å²) < 4.78 is 12.0. The van der Waals surface area contributed by atoms with Crippen molar-refractivity contribution in [1.29, 1.82) is 0 Å². The molecule has 0 rings (SSSR count). The van der Waals surface area contributed by atoms with Crippen molar-refractivity contribution in [1.82, 2.24) is 0 Å². The number of hydrogen-bond acceptors (Lipinski definition) is 4. The molecule has 6 heteroatoms. The number of esters is 2. The monoisotopic (exact) mass is 670 g/mol. The summed E-state index contributed by atoms with van der Waals surface area (Å²) >= 11 is 0. The Balaban J connectivity index is 0. The maximum absolute atomic E-state index is 12.5. The van der Waals surface area contributed by atoms with Crippen LogP contribution in [-0.2, 0) is 19.1 Å². The molecule has 0 saturated heterocycles. The van der Waals surface area contributed by atoms with Gasteiger partial charge < -0.3 is 26.4 Å². The van der Waals surface area contributed by atoms with Crippen molar-refractivity contribution in [2.24, 2.45) is 0 Å². The van der Waals surface area contributed by atoms with Gasteiger partial charge in [-0.3, -0.25) is 9.59 Å². The number of likely N-dealkylation sites (N-methyl/N-ethyl adjacent to an activating group) is 1. The average molecular weight is 671 g/mol. The standard InChI is InChI=1S/C40H76NO4.ClH/c1-6-8-10-12-14-16-18-20-22-24-26-28-30-32-34-39(42)44-37-38(36-41(3,4)5)45-40(43)35-33-31-29-27-25-23-21-19-17-15-13-11-9-7-2;/h18-21,38H,6-17,22-37H2,1-5H3;1H/q+1;/p-1/b20-18+,21-19+;. The summed E-state index contributed by atoms with van der Waals surface area (Å²) in [4.78, 5) is 24.9. The molecule has 0 radical (unpaired) electrons. The first-order chi connectivity index (χ1) is 21.8. The highest BCUT2D eigenvalue weighted by atomic mass is 35.5. The molecule has 0 heterocycles. The van der Waals surface area contributed by atoms with E-state index >= 15 is 0 Å². The van der Waals surface area contributed by atoms with Gasteiger partial charge in [0.1, 0.15) is 13.2 Å². The fourth-order valence-electron chi connectivity index (χ4n) is 5.56. The molecule has 1 atom stereocenters. The lowest BCUT2D eigenvalue weighted by atomic mass is 10.1. The fraction of sp³-hybridized carbons (Fsp3) is 0.850. The Bertz CT molecular complexity index is 731. The van der Waals surface area contributed by atoms with Gasteiger partial charge in [-0.25, -0.2) is 0 Å². The predicted molar refractivity (Wildman–Crippen MR) is 193 cm³/mol. The molecule has 0 amide bonds. The smallest absolute Gasteiger partial charge is 0.306 e. The Labute approximate surface area is 292 Å². The summed E-state index contributed by atoms with van der Waals surface area (Å²) in [6, 6.07) is 0. The zero-order chi connectivity index (χ0) is 33.3. The van der Waals surface area contributed by atoms with Gasteiger partial charge >= 0.3 is 11.9 Å². The molecule has 0 aromatic carbocycles. The minimum absolute atomic E-state index is 0. The molecular formula is C40H76ClNO4. The summed E-state index contributed by atoms with van der Waals surface area (Å²) in [7, 11) is 6.20. The Morgan fingerprint density at radius 3 is 1.26 bits per heavy atom. The molecule has 0 N–H and O–H groups in total. The number of allylic oxidation sites excluding steroid dienone is 4. The Morgan fingerprint density at radius 2 is 0.870 bits per heavy atom. The number of rotatable bonds is 33. The van der Waals surface area contributed by atoms with Crippen molar-refractivity contribution in [2.75, 3.05) is 34.3 Å². The number of quaternary nitrogens is 1. The van der Waals surface area contributed by atoms with Crippen molar-refractivity contribution in [3.63, 3.8) is 0 Å². The zero-order valence-electron chi connectivity index (χ0n) is 31.1. The van der Waals surface area contributed by atoms with E-state index in [1.807, 2.05) is 0 Å². The van der Waals surface area contributed by atoms with E-state index in [2.05, 4.69) is 59.3 Å². The molecular weight excluding hydrogens is 594 g/mol. The molecule has 0 aliphatic heterocycles. The molecule has 0 fully saturated rings. The van der Waals surface area contributed by atoms with E-state index in [1.165, 1.54) is 116 Å². The van der Waals surface area contributed by atoms with Gasteiger partial charge in [0.25, 0.3) is 0 Å². The summed E-state index contributed by atoms with van der Waals surface area (Å²) in [5.74, 6) is -0.352. The first kappa shape index (κ1) is 46.8. The highest BCUT2D eigenvalue weighted by Gasteiger charge is 2.23. The number of unbranched alkanes of at least 4 members (excludes halogenated alkanes) is 20. The predicted octanol–water partition coefficient (Wildman–Crippen LogP) is 8.45. The third-order valence-electron chi connectivity index (χ3n) is 8.27. The quantitative estimate of drug-likeness (QED) is 0.0305. The van der Waals surface area contributed by atoms with Crippen LogP contribution in [0.2, 0.25) is 0 Å². The lowest BCUT2D eigenvalue weighted by Crippen LogP contribution is -3.00. The van der Waals surface area contributed by atoms with Crippen LogP contribution in [0.25, 0.3) is 0 Å². The van der Waals surface area contributed by atoms with E-state index in [1.54, 1.807) is 0 Å². The highest BCUT2D eigenvalue weighted by Crippen LogP contribution is 2.13. The van der Waals surface area contributed by atoms with Crippen LogP contribution in [-0.4, -0.2) is 56.8 Å². The molecule has 5 nitrogen and oxygen atoms in total. The molecule has 0 saturated carbocycles. The topological polar surface area (TPSA) is 52.6 Å². The second-order valence-electron chi connectivity index (χ2n) is 14.2. The van der Waals surface area contributed by atoms with Gasteiger partial charge in [-0.05, 0) is 64.2 Å². The van der Waals surface area contributed by atoms with Gasteiger partial charge in [-0.1, -0.05) is 128 Å². The van der Waals surface area contributed by atoms with Gasteiger partial charge in [0.2, 0.25) is 0 Å². The van der Waals surface area contributed by atoms with Crippen LogP contribution >= 0.6 is 0 Å². The van der Waals surface area contributed by atoms with E-state index in [4.69, 9.17) is 9.47 Å².